The highest BCUT2D eigenvalue weighted by Crippen LogP contribution is 2.39. The van der Waals surface area contributed by atoms with E-state index in [1.807, 2.05) is 0 Å². The minimum Gasteiger partial charge on any atom is -0.309 e. The normalized spacial score (nSPS) is 11.7. The average molecular weight is 688 g/mol. The molecule has 3 heterocycles. The van der Waals surface area contributed by atoms with Crippen LogP contribution in [0.5, 0.6) is 0 Å². The van der Waals surface area contributed by atoms with Gasteiger partial charge in [-0.1, -0.05) is 133 Å². The third-order valence-electron chi connectivity index (χ3n) is 10.9. The van der Waals surface area contributed by atoms with Crippen LogP contribution in [0.4, 0.5) is 0 Å². The molecule has 0 fully saturated rings. The molecule has 0 radical (unpaired) electrons. The van der Waals surface area contributed by atoms with Crippen LogP contribution in [0.2, 0.25) is 0 Å². The minimum absolute atomic E-state index is 0.905. The second-order valence-corrected chi connectivity index (χ2v) is 14.0. The Balaban J connectivity index is 1.09. The number of pyridine rings is 1. The van der Waals surface area contributed by atoms with Gasteiger partial charge in [0.25, 0.3) is 0 Å². The molecule has 252 valence electrons. The van der Waals surface area contributed by atoms with Gasteiger partial charge in [0.2, 0.25) is 0 Å². The Morgan fingerprint density at radius 1 is 0.296 bits per heavy atom. The van der Waals surface area contributed by atoms with Crippen LogP contribution in [0.25, 0.3) is 99.4 Å². The third-order valence-corrected chi connectivity index (χ3v) is 10.9. The Morgan fingerprint density at radius 2 is 0.796 bits per heavy atom. The van der Waals surface area contributed by atoms with Crippen molar-refractivity contribution in [2.75, 3.05) is 0 Å². The fourth-order valence-electron chi connectivity index (χ4n) is 8.42. The lowest BCUT2D eigenvalue weighted by molar-refractivity contribution is 1.10. The van der Waals surface area contributed by atoms with E-state index in [0.717, 1.165) is 27.8 Å². The molecule has 3 aromatic heterocycles. The number of nitrogens with zero attached hydrogens (tertiary/aromatic N) is 3. The molecule has 0 bridgehead atoms. The van der Waals surface area contributed by atoms with Crippen LogP contribution in [0, 0.1) is 0 Å². The number of hydrogen-bond donors (Lipinski definition) is 0. The zero-order chi connectivity index (χ0) is 35.6. The summed E-state index contributed by atoms with van der Waals surface area (Å²) in [4.78, 5) is 5.32. The van der Waals surface area contributed by atoms with Crippen molar-refractivity contribution in [1.29, 1.82) is 0 Å². The van der Waals surface area contributed by atoms with Crippen molar-refractivity contribution in [1.82, 2.24) is 14.1 Å². The number of hydrogen-bond acceptors (Lipinski definition) is 1. The van der Waals surface area contributed by atoms with E-state index in [-0.39, 0.29) is 0 Å². The zero-order valence-electron chi connectivity index (χ0n) is 29.4. The van der Waals surface area contributed by atoms with Crippen molar-refractivity contribution >= 4 is 54.5 Å². The monoisotopic (exact) mass is 687 g/mol. The SMILES string of the molecule is c1ccc(-c2cccc(-c3cc(-n4c5ccccc5c5cc(-c6ccc7c(c6)c6ccccc6n7-c6ccccc6)ccc54)nc4ccccc34)c2)cc1. The van der Waals surface area contributed by atoms with E-state index in [2.05, 4.69) is 209 Å². The maximum absolute atomic E-state index is 5.32. The summed E-state index contributed by atoms with van der Waals surface area (Å²) in [5.74, 6) is 0.905. The van der Waals surface area contributed by atoms with Crippen LogP contribution in [-0.4, -0.2) is 14.1 Å². The maximum atomic E-state index is 5.32. The van der Waals surface area contributed by atoms with Crippen LogP contribution in [-0.2, 0) is 0 Å². The smallest absolute Gasteiger partial charge is 0.138 e. The summed E-state index contributed by atoms with van der Waals surface area (Å²) in [5.41, 5.74) is 13.9. The van der Waals surface area contributed by atoms with Crippen molar-refractivity contribution in [2.45, 2.75) is 0 Å². The molecule has 0 N–H and O–H groups in total. The van der Waals surface area contributed by atoms with Crippen LogP contribution in [0.1, 0.15) is 0 Å². The molecule has 3 nitrogen and oxygen atoms in total. The van der Waals surface area contributed by atoms with Gasteiger partial charge in [-0.3, -0.25) is 4.57 Å². The second kappa shape index (κ2) is 12.2. The summed E-state index contributed by atoms with van der Waals surface area (Å²) in [6.07, 6.45) is 0. The molecule has 0 aliphatic heterocycles. The highest BCUT2D eigenvalue weighted by Gasteiger charge is 2.18. The Morgan fingerprint density at radius 3 is 1.50 bits per heavy atom. The first-order valence-electron chi connectivity index (χ1n) is 18.5. The largest absolute Gasteiger partial charge is 0.309 e. The molecule has 0 aliphatic carbocycles. The van der Waals surface area contributed by atoms with Crippen LogP contribution in [0.15, 0.2) is 200 Å². The van der Waals surface area contributed by atoms with E-state index in [1.54, 1.807) is 0 Å². The Bertz CT molecular complexity index is 3210. The molecule has 0 atom stereocenters. The van der Waals surface area contributed by atoms with Gasteiger partial charge in [-0.15, -0.1) is 0 Å². The van der Waals surface area contributed by atoms with E-state index >= 15 is 0 Å². The van der Waals surface area contributed by atoms with Crippen molar-refractivity contribution < 1.29 is 0 Å². The third kappa shape index (κ3) is 4.79. The first-order valence-corrected chi connectivity index (χ1v) is 18.5. The van der Waals surface area contributed by atoms with E-state index in [0.29, 0.717) is 0 Å². The topological polar surface area (TPSA) is 22.8 Å². The molecule has 8 aromatic carbocycles. The molecule has 54 heavy (non-hydrogen) atoms. The number of rotatable bonds is 5. The summed E-state index contributed by atoms with van der Waals surface area (Å²) in [5, 5.41) is 6.05. The lowest BCUT2D eigenvalue weighted by atomic mass is 9.96. The van der Waals surface area contributed by atoms with E-state index < -0.39 is 0 Å². The van der Waals surface area contributed by atoms with Gasteiger partial charge < -0.3 is 4.57 Å². The number of fused-ring (bicyclic) bond motifs is 7. The van der Waals surface area contributed by atoms with Crippen LogP contribution in [0.3, 0.4) is 0 Å². The van der Waals surface area contributed by atoms with Gasteiger partial charge in [-0.25, -0.2) is 4.98 Å². The van der Waals surface area contributed by atoms with Gasteiger partial charge in [0.15, 0.2) is 0 Å². The van der Waals surface area contributed by atoms with E-state index in [9.17, 15) is 0 Å². The van der Waals surface area contributed by atoms with Gasteiger partial charge in [0.05, 0.1) is 27.6 Å². The fraction of sp³-hybridized carbons (Fsp3) is 0. The molecule has 3 heteroatoms. The van der Waals surface area contributed by atoms with E-state index in [4.69, 9.17) is 4.98 Å². The Kier molecular flexibility index (Phi) is 6.86. The van der Waals surface area contributed by atoms with Crippen LogP contribution < -0.4 is 0 Å². The average Bonchev–Trinajstić information content (AvgIpc) is 3.76. The van der Waals surface area contributed by atoms with Crippen molar-refractivity contribution in [2.24, 2.45) is 0 Å². The first-order chi connectivity index (χ1) is 26.8. The molecular formula is C51H33N3. The van der Waals surface area contributed by atoms with Gasteiger partial charge in [0, 0.05) is 32.6 Å². The Hall–Kier alpha value is -7.23. The lowest BCUT2D eigenvalue weighted by Gasteiger charge is -2.14. The summed E-state index contributed by atoms with van der Waals surface area (Å²) in [6, 6.07) is 72.1. The standard InChI is InChI=1S/C51H33N3/c1-3-14-34(15-4-1)35-16-13-17-38(30-35)43-33-51(52-46-23-10-7-20-40(43)46)54-48-25-12-9-22-42(48)45-32-37(27-29-50(45)54)36-26-28-49-44(31-36)41-21-8-11-24-47(41)53(49)39-18-5-2-6-19-39/h1-33H. The van der Waals surface area contributed by atoms with Gasteiger partial charge in [0.1, 0.15) is 5.82 Å². The van der Waals surface area contributed by atoms with Crippen molar-refractivity contribution in [3.05, 3.63) is 200 Å². The fourth-order valence-corrected chi connectivity index (χ4v) is 8.42. The number of para-hydroxylation sites is 4. The first kappa shape index (κ1) is 30.4. The minimum atomic E-state index is 0.905. The van der Waals surface area contributed by atoms with Crippen molar-refractivity contribution in [3.63, 3.8) is 0 Å². The second-order valence-electron chi connectivity index (χ2n) is 14.0. The highest BCUT2D eigenvalue weighted by molar-refractivity contribution is 6.13. The quantitative estimate of drug-likeness (QED) is 0.177. The van der Waals surface area contributed by atoms with Gasteiger partial charge >= 0.3 is 0 Å². The number of benzene rings is 8. The van der Waals surface area contributed by atoms with E-state index in [1.165, 1.54) is 71.6 Å². The molecule has 0 amide bonds. The predicted molar refractivity (Wildman–Crippen MR) is 227 cm³/mol. The molecule has 0 saturated carbocycles. The van der Waals surface area contributed by atoms with Gasteiger partial charge in [-0.2, -0.15) is 0 Å². The van der Waals surface area contributed by atoms with Crippen molar-refractivity contribution in [3.8, 4) is 44.9 Å². The number of aromatic nitrogens is 3. The lowest BCUT2D eigenvalue weighted by Crippen LogP contribution is -1.99. The maximum Gasteiger partial charge on any atom is 0.138 e. The van der Waals surface area contributed by atoms with Crippen LogP contribution >= 0.6 is 0 Å². The molecular weight excluding hydrogens is 655 g/mol. The summed E-state index contributed by atoms with van der Waals surface area (Å²) in [6.45, 7) is 0. The molecule has 0 aliphatic rings. The zero-order valence-corrected chi connectivity index (χ0v) is 29.4. The predicted octanol–water partition coefficient (Wildman–Crippen LogP) is 13.4. The molecule has 0 saturated heterocycles. The van der Waals surface area contributed by atoms with Gasteiger partial charge in [-0.05, 0) is 100 Å². The summed E-state index contributed by atoms with van der Waals surface area (Å²) < 4.78 is 4.70. The molecule has 11 rings (SSSR count). The summed E-state index contributed by atoms with van der Waals surface area (Å²) >= 11 is 0. The Labute approximate surface area is 312 Å². The highest BCUT2D eigenvalue weighted by atomic mass is 15.1. The summed E-state index contributed by atoms with van der Waals surface area (Å²) in [7, 11) is 0. The molecule has 0 unspecified atom stereocenters. The molecule has 11 aromatic rings. The molecule has 0 spiro atoms.